The lowest BCUT2D eigenvalue weighted by atomic mass is 10.1. The van der Waals surface area contributed by atoms with Crippen LogP contribution in [0.3, 0.4) is 0 Å². The second-order valence-corrected chi connectivity index (χ2v) is 16.4. The van der Waals surface area contributed by atoms with Crippen LogP contribution in [-0.4, -0.2) is 68.5 Å². The highest BCUT2D eigenvalue weighted by Gasteiger charge is 2.23. The lowest BCUT2D eigenvalue weighted by Gasteiger charge is -2.29. The van der Waals surface area contributed by atoms with Crippen LogP contribution in [0.4, 0.5) is 0 Å². The van der Waals surface area contributed by atoms with Crippen molar-refractivity contribution in [3.8, 4) is 0 Å². The summed E-state index contributed by atoms with van der Waals surface area (Å²) in [4.78, 5) is 25.2. The molecule has 0 spiro atoms. The third-order valence-electron chi connectivity index (χ3n) is 8.76. The molecular weight excluding hydrogens is 659 g/mol. The van der Waals surface area contributed by atoms with Gasteiger partial charge < -0.3 is 28.8 Å². The molecule has 298 valence electrons. The molecule has 0 bridgehead atoms. The van der Waals surface area contributed by atoms with E-state index in [4.69, 9.17) is 9.05 Å². The predicted molar refractivity (Wildman–Crippen MR) is 214 cm³/mol. The molecule has 0 fully saturated rings. The number of quaternary nitrogens is 1. The molecule has 9 heteroatoms. The van der Waals surface area contributed by atoms with E-state index in [1.807, 2.05) is 27.2 Å². The van der Waals surface area contributed by atoms with Gasteiger partial charge in [0.05, 0.1) is 39.9 Å². The number of allylic oxidation sites excluding steroid dienone is 7. The number of unbranched alkanes of at least 4 members (excludes halogenated alkanes) is 17. The number of rotatable bonds is 36. The Labute approximate surface area is 314 Å². The van der Waals surface area contributed by atoms with Gasteiger partial charge in [-0.15, -0.1) is 0 Å². The number of carbonyl (C=O) groups is 1. The number of hydrogen-bond acceptors (Lipinski definition) is 6. The molecule has 0 aromatic heterocycles. The first-order valence-corrected chi connectivity index (χ1v) is 22.0. The third-order valence-corrected chi connectivity index (χ3v) is 9.73. The summed E-state index contributed by atoms with van der Waals surface area (Å²) in [6.45, 7) is 4.54. The molecule has 0 saturated heterocycles. The van der Waals surface area contributed by atoms with Gasteiger partial charge >= 0.3 is 0 Å². The van der Waals surface area contributed by atoms with Gasteiger partial charge in [0.25, 0.3) is 7.82 Å². The van der Waals surface area contributed by atoms with Crippen molar-refractivity contribution in [3.63, 3.8) is 0 Å². The minimum Gasteiger partial charge on any atom is -0.756 e. The SMILES string of the molecule is CCCCC/C=C\C/C=C\CCCCCCCCCCCC(=O)NC(COP(=O)([O-])OCC[N+](C)(C)C)C(O)/C=C/CC/C=C/CCCCCC. The van der Waals surface area contributed by atoms with Crippen molar-refractivity contribution in [2.45, 2.75) is 174 Å². The van der Waals surface area contributed by atoms with Crippen molar-refractivity contribution in [2.75, 3.05) is 40.9 Å². The Morgan fingerprint density at radius 1 is 0.686 bits per heavy atom. The molecular formula is C42H79N2O6P. The smallest absolute Gasteiger partial charge is 0.268 e. The number of likely N-dealkylation sites (N-methyl/N-ethyl adjacent to an activating group) is 1. The number of carbonyl (C=O) groups excluding carboxylic acids is 1. The summed E-state index contributed by atoms with van der Waals surface area (Å²) in [6, 6.07) is -0.903. The average Bonchev–Trinajstić information content (AvgIpc) is 3.07. The second-order valence-electron chi connectivity index (χ2n) is 15.0. The van der Waals surface area contributed by atoms with E-state index in [0.717, 1.165) is 44.9 Å². The molecule has 3 unspecified atom stereocenters. The number of phosphoric ester groups is 1. The third kappa shape index (κ3) is 36.6. The molecule has 0 heterocycles. The number of hydrogen-bond donors (Lipinski definition) is 2. The molecule has 0 rings (SSSR count). The van der Waals surface area contributed by atoms with Crippen molar-refractivity contribution in [3.05, 3.63) is 48.6 Å². The highest BCUT2D eigenvalue weighted by Crippen LogP contribution is 2.38. The summed E-state index contributed by atoms with van der Waals surface area (Å²) in [5.74, 6) is -0.217. The zero-order valence-corrected chi connectivity index (χ0v) is 34.4. The molecule has 0 saturated carbocycles. The predicted octanol–water partition coefficient (Wildman–Crippen LogP) is 10.3. The van der Waals surface area contributed by atoms with E-state index >= 15 is 0 Å². The summed E-state index contributed by atoms with van der Waals surface area (Å²) in [7, 11) is 1.23. The Hall–Kier alpha value is -1.54. The largest absolute Gasteiger partial charge is 0.756 e. The first-order chi connectivity index (χ1) is 24.5. The maximum Gasteiger partial charge on any atom is 0.268 e. The van der Waals surface area contributed by atoms with Gasteiger partial charge in [-0.2, -0.15) is 0 Å². The summed E-state index contributed by atoms with van der Waals surface area (Å²) in [5, 5.41) is 13.7. The lowest BCUT2D eigenvalue weighted by Crippen LogP contribution is -2.45. The van der Waals surface area contributed by atoms with Gasteiger partial charge in [0.15, 0.2) is 0 Å². The highest BCUT2D eigenvalue weighted by molar-refractivity contribution is 7.45. The summed E-state index contributed by atoms with van der Waals surface area (Å²) < 4.78 is 23.1. The maximum absolute atomic E-state index is 12.8. The summed E-state index contributed by atoms with van der Waals surface area (Å²) >= 11 is 0. The molecule has 0 aromatic rings. The van der Waals surface area contributed by atoms with Crippen molar-refractivity contribution in [1.29, 1.82) is 0 Å². The fraction of sp³-hybridized carbons (Fsp3) is 0.786. The van der Waals surface area contributed by atoms with Crippen LogP contribution < -0.4 is 10.2 Å². The van der Waals surface area contributed by atoms with E-state index in [1.54, 1.807) is 6.08 Å². The van der Waals surface area contributed by atoms with Gasteiger partial charge in [-0.25, -0.2) is 0 Å². The number of aliphatic hydroxyl groups excluding tert-OH is 1. The topological polar surface area (TPSA) is 108 Å². The zero-order chi connectivity index (χ0) is 37.9. The number of nitrogens with zero attached hydrogens (tertiary/aromatic N) is 1. The van der Waals surface area contributed by atoms with Crippen LogP contribution in [-0.2, 0) is 18.4 Å². The number of amides is 1. The van der Waals surface area contributed by atoms with E-state index in [9.17, 15) is 19.4 Å². The number of aliphatic hydroxyl groups is 1. The minimum absolute atomic E-state index is 0.00888. The number of phosphoric acid groups is 1. The second kappa shape index (κ2) is 34.2. The Morgan fingerprint density at radius 3 is 1.75 bits per heavy atom. The molecule has 51 heavy (non-hydrogen) atoms. The van der Waals surface area contributed by atoms with E-state index in [0.29, 0.717) is 17.4 Å². The molecule has 2 N–H and O–H groups in total. The molecule has 0 aliphatic rings. The molecule has 8 nitrogen and oxygen atoms in total. The molecule has 0 aliphatic carbocycles. The van der Waals surface area contributed by atoms with Gasteiger partial charge in [-0.1, -0.05) is 140 Å². The van der Waals surface area contributed by atoms with Crippen LogP contribution in [0, 0.1) is 0 Å². The molecule has 0 radical (unpaired) electrons. The van der Waals surface area contributed by atoms with Crippen LogP contribution in [0.15, 0.2) is 48.6 Å². The Kier molecular flexibility index (Phi) is 33.2. The first-order valence-electron chi connectivity index (χ1n) is 20.5. The highest BCUT2D eigenvalue weighted by atomic mass is 31.2. The van der Waals surface area contributed by atoms with Crippen LogP contribution in [0.5, 0.6) is 0 Å². The zero-order valence-electron chi connectivity index (χ0n) is 33.5. The summed E-state index contributed by atoms with van der Waals surface area (Å²) in [6.07, 6.45) is 41.6. The summed E-state index contributed by atoms with van der Waals surface area (Å²) in [5.41, 5.74) is 0. The van der Waals surface area contributed by atoms with Crippen LogP contribution in [0.25, 0.3) is 0 Å². The first kappa shape index (κ1) is 49.5. The van der Waals surface area contributed by atoms with E-state index < -0.39 is 26.6 Å². The fourth-order valence-corrected chi connectivity index (χ4v) is 6.15. The number of nitrogens with one attached hydrogen (secondary N) is 1. The van der Waals surface area contributed by atoms with Gasteiger partial charge in [-0.3, -0.25) is 9.36 Å². The van der Waals surface area contributed by atoms with E-state index in [-0.39, 0.29) is 12.5 Å². The van der Waals surface area contributed by atoms with Crippen LogP contribution in [0.1, 0.15) is 162 Å². The van der Waals surface area contributed by atoms with Crippen molar-refractivity contribution >= 4 is 13.7 Å². The Bertz CT molecular complexity index is 975. The molecule has 0 aromatic carbocycles. The minimum atomic E-state index is -4.59. The van der Waals surface area contributed by atoms with Crippen LogP contribution >= 0.6 is 7.82 Å². The monoisotopic (exact) mass is 739 g/mol. The van der Waals surface area contributed by atoms with Gasteiger partial charge in [0.2, 0.25) is 5.91 Å². The van der Waals surface area contributed by atoms with E-state index in [1.165, 1.54) is 96.3 Å². The standard InChI is InChI=1S/C42H79N2O6P/c1-6-8-10-12-14-16-18-19-20-21-22-23-24-25-26-28-30-32-34-36-42(46)43-40(39-50-51(47,48)49-38-37-44(3,4)5)41(45)35-33-31-29-27-17-15-13-11-9-7-2/h14,16-17,19-20,27,33,35,40-41,45H,6-13,15,18,21-26,28-32,34,36-39H2,1-5H3,(H-,43,46,47,48)/b16-14-,20-19-,27-17+,35-33+. The molecule has 3 atom stereocenters. The van der Waals surface area contributed by atoms with Gasteiger partial charge in [0.1, 0.15) is 13.2 Å². The molecule has 0 aliphatic heterocycles. The average molecular weight is 739 g/mol. The van der Waals surface area contributed by atoms with Crippen molar-refractivity contribution < 1.29 is 32.9 Å². The van der Waals surface area contributed by atoms with Crippen LogP contribution in [0.2, 0.25) is 0 Å². The Morgan fingerprint density at radius 2 is 1.16 bits per heavy atom. The lowest BCUT2D eigenvalue weighted by molar-refractivity contribution is -0.870. The maximum atomic E-state index is 12.8. The fourth-order valence-electron chi connectivity index (χ4n) is 5.43. The molecule has 1 amide bonds. The quantitative estimate of drug-likeness (QED) is 0.0287. The van der Waals surface area contributed by atoms with Crippen molar-refractivity contribution in [1.82, 2.24) is 5.32 Å². The van der Waals surface area contributed by atoms with E-state index in [2.05, 4.69) is 55.6 Å². The Balaban J connectivity index is 4.42. The normalized spacial score (nSPS) is 15.0. The van der Waals surface area contributed by atoms with Gasteiger partial charge in [0, 0.05) is 6.42 Å². The van der Waals surface area contributed by atoms with Crippen molar-refractivity contribution in [2.24, 2.45) is 0 Å². The van der Waals surface area contributed by atoms with Gasteiger partial charge in [-0.05, 0) is 64.2 Å².